The van der Waals surface area contributed by atoms with Gasteiger partial charge in [-0.3, -0.25) is 9.69 Å². The molecule has 1 fully saturated rings. The largest absolute Gasteiger partial charge is 0.634 e. The summed E-state index contributed by atoms with van der Waals surface area (Å²) in [5.41, 5.74) is 3.90. The summed E-state index contributed by atoms with van der Waals surface area (Å²) in [6, 6.07) is 13.4. The van der Waals surface area contributed by atoms with Crippen molar-refractivity contribution in [2.45, 2.75) is 18.9 Å². The van der Waals surface area contributed by atoms with Gasteiger partial charge in [0.15, 0.2) is 0 Å². The zero-order valence-electron chi connectivity index (χ0n) is 15.9. The summed E-state index contributed by atoms with van der Waals surface area (Å²) in [5, 5.41) is 0. The zero-order chi connectivity index (χ0) is 19.7. The maximum atomic E-state index is 12.0. The lowest BCUT2D eigenvalue weighted by Crippen LogP contribution is -2.44. The highest BCUT2D eigenvalue weighted by atomic mass is 16.6. The fourth-order valence-corrected chi connectivity index (χ4v) is 3.72. The van der Waals surface area contributed by atoms with Gasteiger partial charge in [0, 0.05) is 5.46 Å². The number of nitrogens with zero attached hydrogens (tertiary/aromatic N) is 1. The molecule has 0 unspecified atom stereocenters. The molecule has 0 bridgehead atoms. The predicted molar refractivity (Wildman–Crippen MR) is 109 cm³/mol. The van der Waals surface area contributed by atoms with Crippen LogP contribution < -0.4 is 15.7 Å². The average Bonchev–Trinajstić information content (AvgIpc) is 3.05. The minimum atomic E-state index is -0.797. The Morgan fingerprint density at radius 2 is 1.96 bits per heavy atom. The second-order valence-corrected chi connectivity index (χ2v) is 7.28. The Bertz CT molecular complexity index is 880. The number of hydrogen-bond acceptors (Lipinski definition) is 5. The van der Waals surface area contributed by atoms with Crippen LogP contribution in [0.1, 0.15) is 23.7 Å². The molecule has 7 heteroatoms. The van der Waals surface area contributed by atoms with E-state index in [-0.39, 0.29) is 18.6 Å². The second-order valence-electron chi connectivity index (χ2n) is 7.28. The molecule has 2 radical (unpaired) electrons. The maximum absolute atomic E-state index is 12.0. The number of carbonyl (C=O) groups excluding carboxylic acids is 1. The van der Waals surface area contributed by atoms with Gasteiger partial charge < -0.3 is 14.0 Å². The number of ether oxygens (including phenoxy) is 1. The van der Waals surface area contributed by atoms with Crippen molar-refractivity contribution < 1.29 is 18.8 Å². The van der Waals surface area contributed by atoms with E-state index in [0.717, 1.165) is 35.1 Å². The third kappa shape index (κ3) is 3.94. The van der Waals surface area contributed by atoms with Crippen LogP contribution in [0.15, 0.2) is 54.8 Å². The van der Waals surface area contributed by atoms with Gasteiger partial charge >= 0.3 is 13.1 Å². The summed E-state index contributed by atoms with van der Waals surface area (Å²) in [4.78, 5) is 13.8. The molecule has 4 rings (SSSR count). The van der Waals surface area contributed by atoms with E-state index >= 15 is 0 Å². The van der Waals surface area contributed by atoms with Crippen molar-refractivity contribution in [1.29, 1.82) is 0 Å². The van der Waals surface area contributed by atoms with Crippen LogP contribution in [-0.2, 0) is 20.5 Å². The lowest BCUT2D eigenvalue weighted by Gasteiger charge is -2.25. The normalized spacial score (nSPS) is 20.0. The number of rotatable bonds is 3. The molecule has 1 saturated heterocycles. The van der Waals surface area contributed by atoms with Crippen LogP contribution in [0.3, 0.4) is 0 Å². The van der Waals surface area contributed by atoms with E-state index in [9.17, 15) is 4.79 Å². The molecule has 1 heterocycles. The van der Waals surface area contributed by atoms with Gasteiger partial charge in [0.25, 0.3) is 0 Å². The number of carbonyl (C=O) groups is 1. The van der Waals surface area contributed by atoms with Gasteiger partial charge in [0.1, 0.15) is 19.7 Å². The predicted octanol–water partition coefficient (Wildman–Crippen LogP) is 1.26. The molecule has 2 aromatic rings. The minimum absolute atomic E-state index is 0.00450. The molecular formula is C21H21B2NO4. The molecule has 0 N–H and O–H groups in total. The first-order valence-corrected chi connectivity index (χ1v) is 9.36. The van der Waals surface area contributed by atoms with Gasteiger partial charge in [-0.05, 0) is 43.1 Å². The third-order valence-corrected chi connectivity index (χ3v) is 5.04. The Hall–Kier alpha value is -2.66. The van der Waals surface area contributed by atoms with Gasteiger partial charge in [0.05, 0.1) is 18.8 Å². The molecule has 5 nitrogen and oxygen atoms in total. The highest BCUT2D eigenvalue weighted by Gasteiger charge is 2.32. The highest BCUT2D eigenvalue weighted by Crippen LogP contribution is 2.33. The Balaban J connectivity index is 1.47. The van der Waals surface area contributed by atoms with Crippen LogP contribution >= 0.6 is 0 Å². The van der Waals surface area contributed by atoms with Crippen molar-refractivity contribution in [2.24, 2.45) is 0 Å². The van der Waals surface area contributed by atoms with Crippen LogP contribution in [0, 0.1) is 0 Å². The monoisotopic (exact) mass is 373 g/mol. The number of likely N-dealkylation sites (N-methyl/N-ethyl adjacent to an activating group) is 1. The number of hydrogen-bond donors (Lipinski definition) is 0. The summed E-state index contributed by atoms with van der Waals surface area (Å²) >= 11 is 0. The quantitative estimate of drug-likeness (QED) is 0.759. The summed E-state index contributed by atoms with van der Waals surface area (Å²) < 4.78 is 17.3. The van der Waals surface area contributed by atoms with Crippen molar-refractivity contribution in [1.82, 2.24) is 4.90 Å². The maximum Gasteiger partial charge on any atom is 0.634 e. The van der Waals surface area contributed by atoms with Gasteiger partial charge in [-0.25, -0.2) is 0 Å². The van der Waals surface area contributed by atoms with E-state index in [0.29, 0.717) is 12.3 Å². The van der Waals surface area contributed by atoms with E-state index in [1.807, 2.05) is 43.4 Å². The first-order valence-electron chi connectivity index (χ1n) is 9.36. The fourth-order valence-electron chi connectivity index (χ4n) is 3.72. The topological polar surface area (TPSA) is 48.0 Å². The Morgan fingerprint density at radius 3 is 2.75 bits per heavy atom. The summed E-state index contributed by atoms with van der Waals surface area (Å²) in [5.74, 6) is 0.973. The van der Waals surface area contributed by atoms with Gasteiger partial charge in [-0.15, -0.1) is 0 Å². The molecule has 2 aromatic carbocycles. The number of fused-ring (bicyclic) bond motifs is 1. The van der Waals surface area contributed by atoms with Crippen molar-refractivity contribution in [2.75, 3.05) is 20.1 Å². The standard InChI is InChI=1S/C21H21B2NO4/c1-14-12-24(2)13-21(25)28-23(27-14)15-6-8-16(9-7-15)26-20-11-10-17-18(20)4-3-5-19(17)22/h3-9,20H,1,10-13H2,2H3/t20-/m1/s1. The number of benzene rings is 2. The molecule has 140 valence electrons. The molecule has 1 aliphatic heterocycles. The van der Waals surface area contributed by atoms with Crippen molar-refractivity contribution in [3.63, 3.8) is 0 Å². The third-order valence-electron chi connectivity index (χ3n) is 5.04. The van der Waals surface area contributed by atoms with Gasteiger partial charge in [-0.2, -0.15) is 0 Å². The lowest BCUT2D eigenvalue weighted by molar-refractivity contribution is -0.137. The minimum Gasteiger partial charge on any atom is -0.525 e. The zero-order valence-corrected chi connectivity index (χ0v) is 15.9. The molecule has 2 aliphatic rings. The van der Waals surface area contributed by atoms with Gasteiger partial charge in [0.2, 0.25) is 0 Å². The first-order chi connectivity index (χ1) is 13.5. The van der Waals surface area contributed by atoms with Gasteiger partial charge in [-0.1, -0.05) is 42.4 Å². The SMILES string of the molecule is [B]c1cccc2c1CC[C@H]2Oc1ccc(B2OC(=C)CN(C)CC(=O)O2)cc1. The Morgan fingerprint density at radius 1 is 1.18 bits per heavy atom. The van der Waals surface area contributed by atoms with E-state index in [1.54, 1.807) is 4.90 Å². The molecule has 0 saturated carbocycles. The van der Waals surface area contributed by atoms with E-state index < -0.39 is 7.12 Å². The van der Waals surface area contributed by atoms with Crippen molar-refractivity contribution in [3.8, 4) is 5.75 Å². The second kappa shape index (κ2) is 7.76. The van der Waals surface area contributed by atoms with Crippen LogP contribution in [0.5, 0.6) is 5.75 Å². The lowest BCUT2D eigenvalue weighted by atomic mass is 9.78. The molecule has 1 atom stereocenters. The van der Waals surface area contributed by atoms with Crippen LogP contribution in [0.25, 0.3) is 0 Å². The molecule has 28 heavy (non-hydrogen) atoms. The van der Waals surface area contributed by atoms with E-state index in [1.165, 1.54) is 5.56 Å². The smallest absolute Gasteiger partial charge is 0.525 e. The van der Waals surface area contributed by atoms with Crippen molar-refractivity contribution in [3.05, 3.63) is 65.9 Å². The summed E-state index contributed by atoms with van der Waals surface area (Å²) in [7, 11) is 7.08. The molecule has 1 aliphatic carbocycles. The van der Waals surface area contributed by atoms with E-state index in [2.05, 4.69) is 12.6 Å². The summed E-state index contributed by atoms with van der Waals surface area (Å²) in [6.45, 7) is 4.57. The van der Waals surface area contributed by atoms with Crippen molar-refractivity contribution >= 4 is 31.9 Å². The molecule has 0 aromatic heterocycles. The van der Waals surface area contributed by atoms with Crippen LogP contribution in [0.4, 0.5) is 0 Å². The van der Waals surface area contributed by atoms with Crippen LogP contribution in [-0.4, -0.2) is 46.0 Å². The molecular weight excluding hydrogens is 352 g/mol. The fraction of sp³-hybridized carbons (Fsp3) is 0.286. The Labute approximate surface area is 166 Å². The molecule has 0 spiro atoms. The van der Waals surface area contributed by atoms with Crippen LogP contribution in [0.2, 0.25) is 0 Å². The summed E-state index contributed by atoms with van der Waals surface area (Å²) in [6.07, 6.45) is 1.82. The Kier molecular flexibility index (Phi) is 5.18. The average molecular weight is 373 g/mol. The highest BCUT2D eigenvalue weighted by molar-refractivity contribution is 6.63. The first kappa shape index (κ1) is 18.7. The van der Waals surface area contributed by atoms with E-state index in [4.69, 9.17) is 21.9 Å². The molecule has 0 amide bonds.